The van der Waals surface area contributed by atoms with E-state index in [9.17, 15) is 0 Å². The standard InChI is InChI=1S/C24H20N5PS/c1-17-9-21(22-13-25-16-31-22)28-24(10-17)29-23-11-19(7-8-26-23)20-12-27-30(15-20)14-18-5-3-2-4-6-18/h2-13,15-16H,14H2,1H3,(H,26,28,29). The van der Waals surface area contributed by atoms with Crippen molar-refractivity contribution in [2.45, 2.75) is 13.1 Å². The molecule has 31 heavy (non-hydrogen) atoms. The minimum Gasteiger partial charge on any atom is -0.325 e. The summed E-state index contributed by atoms with van der Waals surface area (Å²) in [5, 5.41) is 3.36. The second kappa shape index (κ2) is 8.80. The zero-order valence-electron chi connectivity index (χ0n) is 16.9. The van der Waals surface area contributed by atoms with Crippen molar-refractivity contribution in [3.8, 4) is 21.7 Å². The molecule has 0 amide bonds. The first kappa shape index (κ1) is 19.6. The maximum Gasteiger partial charge on any atom is 0.132 e. The summed E-state index contributed by atoms with van der Waals surface area (Å²) < 4.78 is 4.74. The van der Waals surface area contributed by atoms with Crippen LogP contribution >= 0.6 is 19.0 Å². The summed E-state index contributed by atoms with van der Waals surface area (Å²) in [7, 11) is -0.522. The fourth-order valence-electron chi connectivity index (χ4n) is 3.38. The lowest BCUT2D eigenvalue weighted by Gasteiger charge is -2.09. The lowest BCUT2D eigenvalue weighted by atomic mass is 10.1. The number of pyridine rings is 2. The van der Waals surface area contributed by atoms with Crippen LogP contribution < -0.4 is 5.32 Å². The van der Waals surface area contributed by atoms with Gasteiger partial charge in [-0.05, 0) is 61.4 Å². The molecule has 0 spiro atoms. The van der Waals surface area contributed by atoms with Crippen molar-refractivity contribution in [1.82, 2.24) is 19.7 Å². The molecule has 1 unspecified atom stereocenters. The van der Waals surface area contributed by atoms with Gasteiger partial charge in [-0.1, -0.05) is 30.3 Å². The molecule has 5 rings (SSSR count). The molecule has 5 nitrogen and oxygen atoms in total. The summed E-state index contributed by atoms with van der Waals surface area (Å²) in [6, 6.07) is 18.7. The minimum absolute atomic E-state index is 0.522. The number of hydrogen-bond donors (Lipinski definition) is 1. The van der Waals surface area contributed by atoms with Gasteiger partial charge in [0, 0.05) is 30.3 Å². The highest BCUT2D eigenvalue weighted by atomic mass is 32.1. The SMILES string of the molecule is Cc1cc(Nc2cc(-c3cnp(Cc4ccccc4)c3)ccn2)nc(-c2cncs2)c1. The molecular weight excluding hydrogens is 421 g/mol. The molecule has 1 aromatic carbocycles. The number of aromatic nitrogens is 4. The van der Waals surface area contributed by atoms with Crippen LogP contribution in [0.2, 0.25) is 0 Å². The zero-order chi connectivity index (χ0) is 21.0. The molecule has 4 heterocycles. The van der Waals surface area contributed by atoms with E-state index in [-0.39, 0.29) is 0 Å². The molecule has 4 aromatic heterocycles. The zero-order valence-corrected chi connectivity index (χ0v) is 18.6. The van der Waals surface area contributed by atoms with Gasteiger partial charge in [0.15, 0.2) is 0 Å². The Morgan fingerprint density at radius 2 is 1.87 bits per heavy atom. The smallest absolute Gasteiger partial charge is 0.132 e. The third-order valence-corrected chi connectivity index (χ3v) is 7.30. The number of hydrogen-bond acceptors (Lipinski definition) is 6. The van der Waals surface area contributed by atoms with Crippen molar-refractivity contribution in [2.75, 3.05) is 5.32 Å². The summed E-state index contributed by atoms with van der Waals surface area (Å²) in [4.78, 5) is 14.4. The molecule has 0 radical (unpaired) electrons. The molecule has 1 atom stereocenters. The van der Waals surface area contributed by atoms with Gasteiger partial charge in [-0.2, -0.15) is 0 Å². The molecule has 5 aromatic rings. The monoisotopic (exact) mass is 441 g/mol. The predicted molar refractivity (Wildman–Crippen MR) is 129 cm³/mol. The first-order valence-electron chi connectivity index (χ1n) is 9.90. The van der Waals surface area contributed by atoms with Crippen LogP contribution in [0.3, 0.4) is 0 Å². The third-order valence-electron chi connectivity index (χ3n) is 4.82. The largest absolute Gasteiger partial charge is 0.325 e. The van der Waals surface area contributed by atoms with Crippen LogP contribution in [0.15, 0.2) is 84.5 Å². The van der Waals surface area contributed by atoms with Gasteiger partial charge in [0.25, 0.3) is 0 Å². The molecule has 152 valence electrons. The summed E-state index contributed by atoms with van der Waals surface area (Å²) >= 11 is 1.58. The first-order valence-corrected chi connectivity index (χ1v) is 12.3. The van der Waals surface area contributed by atoms with Crippen molar-refractivity contribution >= 4 is 30.7 Å². The van der Waals surface area contributed by atoms with Gasteiger partial charge in [-0.25, -0.2) is 14.7 Å². The van der Waals surface area contributed by atoms with Crippen LogP contribution in [0.5, 0.6) is 0 Å². The van der Waals surface area contributed by atoms with E-state index in [1.807, 2.05) is 42.3 Å². The number of benzene rings is 1. The van der Waals surface area contributed by atoms with Crippen LogP contribution in [0.4, 0.5) is 11.6 Å². The summed E-state index contributed by atoms with van der Waals surface area (Å²) in [5.41, 5.74) is 7.45. The molecular formula is C24H20N5PS. The number of rotatable bonds is 6. The first-order chi connectivity index (χ1) is 15.2. The third kappa shape index (κ3) is 4.71. The average molecular weight is 442 g/mol. The van der Waals surface area contributed by atoms with Crippen molar-refractivity contribution < 1.29 is 0 Å². The van der Waals surface area contributed by atoms with E-state index in [4.69, 9.17) is 9.73 Å². The van der Waals surface area contributed by atoms with Gasteiger partial charge >= 0.3 is 0 Å². The van der Waals surface area contributed by atoms with Gasteiger partial charge in [-0.15, -0.1) is 11.3 Å². The summed E-state index contributed by atoms with van der Waals surface area (Å²) in [6.45, 7) is 2.07. The van der Waals surface area contributed by atoms with Crippen LogP contribution in [0, 0.1) is 6.92 Å². The Kier molecular flexibility index (Phi) is 5.57. The number of aryl methyl sites for hydroxylation is 1. The lowest BCUT2D eigenvalue weighted by Crippen LogP contribution is -1.98. The average Bonchev–Trinajstić information content (AvgIpc) is 3.47. The summed E-state index contributed by atoms with van der Waals surface area (Å²) in [5.74, 6) is 3.82. The van der Waals surface area contributed by atoms with Gasteiger partial charge < -0.3 is 5.32 Å². The molecule has 1 N–H and O–H groups in total. The molecule has 0 aliphatic carbocycles. The fraction of sp³-hybridized carbons (Fsp3) is 0.0833. The fourth-order valence-corrected chi connectivity index (χ4v) is 5.60. The summed E-state index contributed by atoms with van der Waals surface area (Å²) in [6.07, 6.45) is 6.62. The number of nitrogens with zero attached hydrogens (tertiary/aromatic N) is 4. The number of anilines is 2. The van der Waals surface area contributed by atoms with Crippen molar-refractivity contribution in [1.29, 1.82) is 0 Å². The Bertz CT molecular complexity index is 1300. The van der Waals surface area contributed by atoms with E-state index in [1.54, 1.807) is 11.3 Å². The van der Waals surface area contributed by atoms with Crippen molar-refractivity contribution in [3.63, 3.8) is 0 Å². The van der Waals surface area contributed by atoms with E-state index in [1.165, 1.54) is 5.56 Å². The topological polar surface area (TPSA) is 63.6 Å². The van der Waals surface area contributed by atoms with E-state index in [0.717, 1.165) is 45.1 Å². The van der Waals surface area contributed by atoms with Gasteiger partial charge in [-0.3, -0.25) is 4.98 Å². The highest BCUT2D eigenvalue weighted by Crippen LogP contribution is 2.35. The van der Waals surface area contributed by atoms with E-state index in [0.29, 0.717) is 0 Å². The van der Waals surface area contributed by atoms with Gasteiger partial charge in [0.05, 0.1) is 16.1 Å². The van der Waals surface area contributed by atoms with Gasteiger partial charge in [0.1, 0.15) is 11.6 Å². The molecule has 0 fully saturated rings. The van der Waals surface area contributed by atoms with E-state index < -0.39 is 7.69 Å². The second-order valence-corrected chi connectivity index (χ2v) is 9.82. The Balaban J connectivity index is 1.37. The normalized spacial score (nSPS) is 11.5. The van der Waals surface area contributed by atoms with Crippen molar-refractivity contribution in [3.05, 3.63) is 95.6 Å². The molecule has 0 saturated carbocycles. The molecule has 0 bridgehead atoms. The van der Waals surface area contributed by atoms with Crippen LogP contribution in [-0.2, 0) is 6.16 Å². The van der Waals surface area contributed by atoms with Crippen molar-refractivity contribution in [2.24, 2.45) is 0 Å². The second-order valence-electron chi connectivity index (χ2n) is 7.25. The highest BCUT2D eigenvalue weighted by Gasteiger charge is 2.08. The highest BCUT2D eigenvalue weighted by molar-refractivity contribution is 7.44. The quantitative estimate of drug-likeness (QED) is 0.316. The number of nitrogens with one attached hydrogen (secondary N) is 1. The molecule has 0 aliphatic rings. The molecule has 0 saturated heterocycles. The predicted octanol–water partition coefficient (Wildman–Crippen LogP) is 6.75. The van der Waals surface area contributed by atoms with Crippen LogP contribution in [0.1, 0.15) is 11.1 Å². The Morgan fingerprint density at radius 1 is 0.968 bits per heavy atom. The molecule has 7 heteroatoms. The Labute approximate surface area is 186 Å². The Morgan fingerprint density at radius 3 is 2.71 bits per heavy atom. The minimum atomic E-state index is -0.522. The van der Waals surface area contributed by atoms with E-state index >= 15 is 0 Å². The van der Waals surface area contributed by atoms with Gasteiger partial charge in [0.2, 0.25) is 0 Å². The van der Waals surface area contributed by atoms with E-state index in [2.05, 4.69) is 64.4 Å². The number of thiazole rings is 1. The maximum absolute atomic E-state index is 4.74. The Hall–Kier alpha value is -3.34. The lowest BCUT2D eigenvalue weighted by molar-refractivity contribution is 1.24. The maximum atomic E-state index is 4.74. The molecule has 0 aliphatic heterocycles. The van der Waals surface area contributed by atoms with Crippen LogP contribution in [-0.4, -0.2) is 19.7 Å². The van der Waals surface area contributed by atoms with Crippen LogP contribution in [0.25, 0.3) is 21.7 Å².